The predicted octanol–water partition coefficient (Wildman–Crippen LogP) is 2.70. The third kappa shape index (κ3) is 4.27. The topological polar surface area (TPSA) is 41.9 Å². The van der Waals surface area contributed by atoms with Crippen LogP contribution in [0.3, 0.4) is 0 Å². The molecule has 4 nitrogen and oxygen atoms in total. The lowest BCUT2D eigenvalue weighted by Gasteiger charge is -2.25. The van der Waals surface area contributed by atoms with Crippen LogP contribution in [-0.4, -0.2) is 42.4 Å². The van der Waals surface area contributed by atoms with Gasteiger partial charge in [-0.3, -0.25) is 4.90 Å². The summed E-state index contributed by atoms with van der Waals surface area (Å²) >= 11 is 6.26. The van der Waals surface area contributed by atoms with Crippen LogP contribution < -0.4 is 9.47 Å². The maximum absolute atomic E-state index is 9.84. The molecule has 0 aromatic heterocycles. The molecule has 1 aromatic carbocycles. The summed E-state index contributed by atoms with van der Waals surface area (Å²) in [5.74, 6) is 1.35. The lowest BCUT2D eigenvalue weighted by molar-refractivity contribution is 0.0425. The molecule has 0 unspecified atom stereocenters. The van der Waals surface area contributed by atoms with Gasteiger partial charge in [0, 0.05) is 19.5 Å². The highest BCUT2D eigenvalue weighted by Crippen LogP contribution is 2.38. The molecule has 1 aliphatic rings. The van der Waals surface area contributed by atoms with Crippen molar-refractivity contribution in [2.75, 3.05) is 26.8 Å². The number of hydrogen-bond acceptors (Lipinski definition) is 4. The summed E-state index contributed by atoms with van der Waals surface area (Å²) in [6, 6.07) is 3.86. The van der Waals surface area contributed by atoms with Crippen molar-refractivity contribution in [2.24, 2.45) is 0 Å². The second-order valence-electron chi connectivity index (χ2n) is 5.94. The van der Waals surface area contributed by atoms with Crippen molar-refractivity contribution >= 4 is 11.6 Å². The van der Waals surface area contributed by atoms with Gasteiger partial charge in [-0.15, -0.1) is 0 Å². The van der Waals surface area contributed by atoms with Crippen LogP contribution in [0.2, 0.25) is 5.02 Å². The van der Waals surface area contributed by atoms with Crippen LogP contribution in [0.1, 0.15) is 25.8 Å². The van der Waals surface area contributed by atoms with E-state index in [9.17, 15) is 5.11 Å². The van der Waals surface area contributed by atoms with Crippen LogP contribution in [0.15, 0.2) is 12.1 Å². The van der Waals surface area contributed by atoms with E-state index in [1.807, 2.05) is 19.2 Å². The molecule has 0 spiro atoms. The van der Waals surface area contributed by atoms with E-state index in [1.54, 1.807) is 13.8 Å². The van der Waals surface area contributed by atoms with Crippen molar-refractivity contribution in [1.29, 1.82) is 0 Å². The van der Waals surface area contributed by atoms with Crippen LogP contribution in [0, 0.1) is 0 Å². The lowest BCUT2D eigenvalue weighted by Crippen LogP contribution is -2.35. The van der Waals surface area contributed by atoms with Crippen LogP contribution in [0.25, 0.3) is 0 Å². The Morgan fingerprint density at radius 1 is 1.30 bits per heavy atom. The Labute approximate surface area is 125 Å². The van der Waals surface area contributed by atoms with Crippen molar-refractivity contribution in [3.05, 3.63) is 22.7 Å². The fourth-order valence-corrected chi connectivity index (χ4v) is 2.69. The second-order valence-corrected chi connectivity index (χ2v) is 6.35. The van der Waals surface area contributed by atoms with E-state index in [2.05, 4.69) is 4.90 Å². The average molecular weight is 300 g/mol. The largest absolute Gasteiger partial charge is 0.489 e. The van der Waals surface area contributed by atoms with Crippen molar-refractivity contribution in [1.82, 2.24) is 4.90 Å². The van der Waals surface area contributed by atoms with E-state index in [-0.39, 0.29) is 0 Å². The van der Waals surface area contributed by atoms with Crippen molar-refractivity contribution in [3.63, 3.8) is 0 Å². The molecule has 0 atom stereocenters. The van der Waals surface area contributed by atoms with Crippen LogP contribution in [-0.2, 0) is 6.54 Å². The number of halogens is 1. The Bertz CT molecular complexity index is 471. The van der Waals surface area contributed by atoms with E-state index in [4.69, 9.17) is 21.1 Å². The zero-order valence-electron chi connectivity index (χ0n) is 12.3. The molecule has 1 heterocycles. The van der Waals surface area contributed by atoms with Gasteiger partial charge in [0.15, 0.2) is 11.5 Å². The fourth-order valence-electron chi connectivity index (χ4n) is 2.40. The number of aliphatic hydroxyl groups is 1. The quantitative estimate of drug-likeness (QED) is 0.928. The minimum atomic E-state index is -0.718. The van der Waals surface area contributed by atoms with Crippen molar-refractivity contribution in [3.8, 4) is 11.5 Å². The first-order valence-electron chi connectivity index (χ1n) is 6.84. The summed E-state index contributed by atoms with van der Waals surface area (Å²) in [7, 11) is 1.97. The Hall–Kier alpha value is -0.970. The van der Waals surface area contributed by atoms with Gasteiger partial charge in [0.25, 0.3) is 0 Å². The number of nitrogens with zero attached hydrogens (tertiary/aromatic N) is 1. The van der Waals surface area contributed by atoms with Crippen molar-refractivity contribution in [2.45, 2.75) is 32.4 Å². The fraction of sp³-hybridized carbons (Fsp3) is 0.600. The molecular weight excluding hydrogens is 278 g/mol. The van der Waals surface area contributed by atoms with Gasteiger partial charge in [-0.05, 0) is 38.6 Å². The first-order chi connectivity index (χ1) is 9.35. The first-order valence-corrected chi connectivity index (χ1v) is 7.22. The normalized spacial score (nSPS) is 15.3. The molecule has 20 heavy (non-hydrogen) atoms. The molecule has 112 valence electrons. The molecule has 0 saturated heterocycles. The molecular formula is C15H22ClNO3. The van der Waals surface area contributed by atoms with Gasteiger partial charge in [-0.25, -0.2) is 0 Å². The third-order valence-electron chi connectivity index (χ3n) is 2.97. The van der Waals surface area contributed by atoms with Gasteiger partial charge in [-0.1, -0.05) is 11.6 Å². The number of likely N-dealkylation sites (N-methyl/N-ethyl adjacent to an activating group) is 1. The molecule has 0 bridgehead atoms. The summed E-state index contributed by atoms with van der Waals surface area (Å²) in [6.45, 7) is 6.14. The monoisotopic (exact) mass is 299 g/mol. The highest BCUT2D eigenvalue weighted by molar-refractivity contribution is 6.32. The predicted molar refractivity (Wildman–Crippen MR) is 79.7 cm³/mol. The molecule has 5 heteroatoms. The van der Waals surface area contributed by atoms with Crippen LogP contribution >= 0.6 is 11.6 Å². The summed E-state index contributed by atoms with van der Waals surface area (Å²) in [5, 5.41) is 10.4. The van der Waals surface area contributed by atoms with E-state index in [1.165, 1.54) is 0 Å². The van der Waals surface area contributed by atoms with Gasteiger partial charge < -0.3 is 14.6 Å². The number of rotatable bonds is 4. The summed E-state index contributed by atoms with van der Waals surface area (Å²) in [5.41, 5.74) is 0.329. The average Bonchev–Trinajstić information content (AvgIpc) is 2.51. The molecule has 1 N–H and O–H groups in total. The number of benzene rings is 1. The molecule has 0 radical (unpaired) electrons. The second kappa shape index (κ2) is 6.20. The summed E-state index contributed by atoms with van der Waals surface area (Å²) in [4.78, 5) is 2.05. The smallest absolute Gasteiger partial charge is 0.179 e. The highest BCUT2D eigenvalue weighted by atomic mass is 35.5. The van der Waals surface area contributed by atoms with E-state index in [0.29, 0.717) is 42.8 Å². The molecule has 0 aliphatic carbocycles. The van der Waals surface area contributed by atoms with Crippen LogP contribution in [0.5, 0.6) is 11.5 Å². The molecule has 2 rings (SSSR count). The van der Waals surface area contributed by atoms with Gasteiger partial charge in [0.2, 0.25) is 0 Å². The Kier molecular flexibility index (Phi) is 4.78. The Morgan fingerprint density at radius 2 is 2.00 bits per heavy atom. The van der Waals surface area contributed by atoms with Gasteiger partial charge >= 0.3 is 0 Å². The lowest BCUT2D eigenvalue weighted by atomic mass is 10.1. The minimum absolute atomic E-state index is 0.580. The standard InChI is InChI=1S/C15H22ClNO3/c1-15(2,18)10-17(3)9-11-7-12(16)14-13(8-11)19-5-4-6-20-14/h7-8,18H,4-6,9-10H2,1-3H3. The van der Waals surface area contributed by atoms with E-state index in [0.717, 1.165) is 12.0 Å². The van der Waals surface area contributed by atoms with Crippen LogP contribution in [0.4, 0.5) is 0 Å². The maximum Gasteiger partial charge on any atom is 0.179 e. The van der Waals surface area contributed by atoms with Crippen molar-refractivity contribution < 1.29 is 14.6 Å². The molecule has 0 amide bonds. The van der Waals surface area contributed by atoms with Gasteiger partial charge in [0.05, 0.1) is 23.8 Å². The summed E-state index contributed by atoms with van der Waals surface area (Å²) in [6.07, 6.45) is 0.860. The first kappa shape index (κ1) is 15.4. The zero-order valence-corrected chi connectivity index (χ0v) is 13.0. The van der Waals surface area contributed by atoms with E-state index >= 15 is 0 Å². The molecule has 0 saturated carbocycles. The highest BCUT2D eigenvalue weighted by Gasteiger charge is 2.18. The number of ether oxygens (including phenoxy) is 2. The van der Waals surface area contributed by atoms with E-state index < -0.39 is 5.60 Å². The number of hydrogen-bond donors (Lipinski definition) is 1. The van der Waals surface area contributed by atoms with Gasteiger partial charge in [-0.2, -0.15) is 0 Å². The summed E-state index contributed by atoms with van der Waals surface area (Å²) < 4.78 is 11.3. The Balaban J connectivity index is 2.13. The molecule has 0 fully saturated rings. The Morgan fingerprint density at radius 3 is 2.70 bits per heavy atom. The SMILES string of the molecule is CN(Cc1cc(Cl)c2c(c1)OCCCO2)CC(C)(C)O. The maximum atomic E-state index is 9.84. The minimum Gasteiger partial charge on any atom is -0.489 e. The third-order valence-corrected chi connectivity index (χ3v) is 3.25. The number of fused-ring (bicyclic) bond motifs is 1. The zero-order chi connectivity index (χ0) is 14.8. The van der Waals surface area contributed by atoms with Gasteiger partial charge in [0.1, 0.15) is 0 Å². The molecule has 1 aliphatic heterocycles. The molecule has 1 aromatic rings.